The lowest BCUT2D eigenvalue weighted by molar-refractivity contribution is 0.0242. The summed E-state index contributed by atoms with van der Waals surface area (Å²) in [6.07, 6.45) is 2.89. The highest BCUT2D eigenvalue weighted by Crippen LogP contribution is 2.46. The molecule has 2 aromatic rings. The quantitative estimate of drug-likeness (QED) is 0.844. The normalized spacial score (nSPS) is 21.3. The number of nitrogens with zero attached hydrogens (tertiary/aromatic N) is 3. The number of hydrogen-bond donors (Lipinski definition) is 0. The van der Waals surface area contributed by atoms with Crippen molar-refractivity contribution in [2.45, 2.75) is 30.8 Å². The average molecular weight is 355 g/mol. The van der Waals surface area contributed by atoms with Crippen molar-refractivity contribution in [2.75, 3.05) is 18.8 Å². The van der Waals surface area contributed by atoms with E-state index in [4.69, 9.17) is 4.74 Å². The van der Waals surface area contributed by atoms with Crippen molar-refractivity contribution in [1.29, 1.82) is 0 Å². The molecule has 0 aromatic carbocycles. The van der Waals surface area contributed by atoms with Gasteiger partial charge >= 0.3 is 0 Å². The summed E-state index contributed by atoms with van der Waals surface area (Å²) in [5, 5.41) is 0. The Morgan fingerprint density at radius 1 is 1.32 bits per heavy atom. The molecule has 130 valence electrons. The Labute approximate surface area is 151 Å². The number of hydrogen-bond acceptors (Lipinski definition) is 5. The summed E-state index contributed by atoms with van der Waals surface area (Å²) in [6, 6.07) is 11.5. The van der Waals surface area contributed by atoms with Gasteiger partial charge in [-0.2, -0.15) is 0 Å². The number of amides is 1. The minimum Gasteiger partial charge on any atom is -0.371 e. The number of aryl methyl sites for hydroxylation is 1. The first-order valence-corrected chi connectivity index (χ1v) is 9.51. The lowest BCUT2D eigenvalue weighted by Crippen LogP contribution is -2.60. The van der Waals surface area contributed by atoms with E-state index in [0.717, 1.165) is 36.7 Å². The van der Waals surface area contributed by atoms with Crippen molar-refractivity contribution in [2.24, 2.45) is 0 Å². The van der Waals surface area contributed by atoms with Crippen molar-refractivity contribution >= 4 is 17.7 Å². The Morgan fingerprint density at radius 3 is 2.96 bits per heavy atom. The van der Waals surface area contributed by atoms with Crippen LogP contribution in [0.2, 0.25) is 0 Å². The fourth-order valence-corrected chi connectivity index (χ4v) is 5.01. The second-order valence-electron chi connectivity index (χ2n) is 6.78. The van der Waals surface area contributed by atoms with Gasteiger partial charge in [0, 0.05) is 30.7 Å². The van der Waals surface area contributed by atoms with E-state index in [1.165, 1.54) is 0 Å². The van der Waals surface area contributed by atoms with Crippen LogP contribution >= 0.6 is 11.8 Å². The molecular weight excluding hydrogens is 334 g/mol. The Morgan fingerprint density at radius 2 is 2.20 bits per heavy atom. The van der Waals surface area contributed by atoms with Gasteiger partial charge in [-0.15, -0.1) is 11.8 Å². The lowest BCUT2D eigenvalue weighted by atomic mass is 9.92. The molecule has 1 amide bonds. The zero-order valence-corrected chi connectivity index (χ0v) is 15.0. The molecule has 2 aliphatic heterocycles. The van der Waals surface area contributed by atoms with Gasteiger partial charge in [0.2, 0.25) is 0 Å². The number of ether oxygens (including phenoxy) is 1. The van der Waals surface area contributed by atoms with Gasteiger partial charge in [-0.25, -0.2) is 0 Å². The predicted molar refractivity (Wildman–Crippen MR) is 97.5 cm³/mol. The second-order valence-corrected chi connectivity index (χ2v) is 8.27. The zero-order chi connectivity index (χ0) is 17.3. The molecule has 2 aliphatic rings. The van der Waals surface area contributed by atoms with E-state index in [1.807, 2.05) is 53.9 Å². The topological polar surface area (TPSA) is 55.3 Å². The van der Waals surface area contributed by atoms with Gasteiger partial charge in [0.05, 0.1) is 23.2 Å². The molecule has 2 aromatic heterocycles. The third-order valence-corrected chi connectivity index (χ3v) is 6.29. The maximum absolute atomic E-state index is 12.4. The molecule has 0 aliphatic carbocycles. The predicted octanol–water partition coefficient (Wildman–Crippen LogP) is 2.70. The SMILES string of the molecule is Cc1cccc(COC2CSC3(C2)CN(C(=O)c2ccccn2)C3)n1. The van der Waals surface area contributed by atoms with E-state index in [9.17, 15) is 4.79 Å². The van der Waals surface area contributed by atoms with Gasteiger partial charge in [0.25, 0.3) is 5.91 Å². The van der Waals surface area contributed by atoms with Crippen LogP contribution < -0.4 is 0 Å². The van der Waals surface area contributed by atoms with Gasteiger partial charge in [-0.05, 0) is 37.6 Å². The highest BCUT2D eigenvalue weighted by atomic mass is 32.2. The maximum Gasteiger partial charge on any atom is 0.272 e. The van der Waals surface area contributed by atoms with Crippen LogP contribution in [0.15, 0.2) is 42.6 Å². The number of carbonyl (C=O) groups excluding carboxylic acids is 1. The van der Waals surface area contributed by atoms with Crippen LogP contribution in [-0.2, 0) is 11.3 Å². The van der Waals surface area contributed by atoms with Gasteiger partial charge in [-0.1, -0.05) is 12.1 Å². The van der Waals surface area contributed by atoms with E-state index in [0.29, 0.717) is 12.3 Å². The summed E-state index contributed by atoms with van der Waals surface area (Å²) in [6.45, 7) is 4.12. The number of carbonyl (C=O) groups is 1. The monoisotopic (exact) mass is 355 g/mol. The molecule has 1 spiro atoms. The van der Waals surface area contributed by atoms with Crippen LogP contribution in [0.3, 0.4) is 0 Å². The molecule has 1 atom stereocenters. The van der Waals surface area contributed by atoms with E-state index in [2.05, 4.69) is 9.97 Å². The number of thioether (sulfide) groups is 1. The fraction of sp³-hybridized carbons (Fsp3) is 0.421. The molecule has 25 heavy (non-hydrogen) atoms. The molecule has 0 N–H and O–H groups in total. The summed E-state index contributed by atoms with van der Waals surface area (Å²) < 4.78 is 6.22. The number of likely N-dealkylation sites (tertiary alicyclic amines) is 1. The van der Waals surface area contributed by atoms with E-state index < -0.39 is 0 Å². The third kappa shape index (κ3) is 3.55. The molecular formula is C19H21N3O2S. The molecule has 1 unspecified atom stereocenters. The number of aromatic nitrogens is 2. The zero-order valence-electron chi connectivity index (χ0n) is 14.2. The first kappa shape index (κ1) is 16.5. The molecule has 4 rings (SSSR count). The van der Waals surface area contributed by atoms with Gasteiger partial charge in [0.1, 0.15) is 5.69 Å². The standard InChI is InChI=1S/C19H21N3O2S/c1-14-5-4-6-15(21-14)10-24-16-9-19(25-11-16)12-22(13-19)18(23)17-7-2-3-8-20-17/h2-8,16H,9-13H2,1H3. The van der Waals surface area contributed by atoms with Crippen molar-refractivity contribution in [3.63, 3.8) is 0 Å². The first-order valence-electron chi connectivity index (χ1n) is 8.52. The maximum atomic E-state index is 12.4. The number of pyridine rings is 2. The van der Waals surface area contributed by atoms with Crippen LogP contribution in [-0.4, -0.2) is 50.5 Å². The summed E-state index contributed by atoms with van der Waals surface area (Å²) >= 11 is 1.93. The van der Waals surface area contributed by atoms with Crippen LogP contribution in [0.25, 0.3) is 0 Å². The Hall–Kier alpha value is -1.92. The molecule has 5 nitrogen and oxygen atoms in total. The van der Waals surface area contributed by atoms with Crippen molar-refractivity contribution in [3.05, 3.63) is 59.7 Å². The molecule has 0 bridgehead atoms. The minimum atomic E-state index is 0.0279. The summed E-state index contributed by atoms with van der Waals surface area (Å²) in [5.74, 6) is 1.01. The van der Waals surface area contributed by atoms with Crippen LogP contribution in [0.5, 0.6) is 0 Å². The summed E-state index contributed by atoms with van der Waals surface area (Å²) in [4.78, 5) is 22.9. The minimum absolute atomic E-state index is 0.0279. The van der Waals surface area contributed by atoms with Crippen LogP contribution in [0.4, 0.5) is 0 Å². The van der Waals surface area contributed by atoms with Crippen molar-refractivity contribution in [1.82, 2.24) is 14.9 Å². The van der Waals surface area contributed by atoms with Gasteiger partial charge in [-0.3, -0.25) is 14.8 Å². The van der Waals surface area contributed by atoms with E-state index >= 15 is 0 Å². The highest BCUT2D eigenvalue weighted by Gasteiger charge is 2.51. The molecule has 4 heterocycles. The fourth-order valence-electron chi connectivity index (χ4n) is 3.46. The average Bonchev–Trinajstić information content (AvgIpc) is 3.04. The largest absolute Gasteiger partial charge is 0.371 e. The molecule has 2 fully saturated rings. The Kier molecular flexibility index (Phi) is 4.48. The molecule has 0 radical (unpaired) electrons. The van der Waals surface area contributed by atoms with Crippen LogP contribution in [0, 0.1) is 6.92 Å². The van der Waals surface area contributed by atoms with Gasteiger partial charge < -0.3 is 9.64 Å². The lowest BCUT2D eigenvalue weighted by Gasteiger charge is -2.47. The van der Waals surface area contributed by atoms with E-state index in [-0.39, 0.29) is 16.8 Å². The first-order chi connectivity index (χ1) is 12.1. The molecule has 0 saturated carbocycles. The van der Waals surface area contributed by atoms with Crippen LogP contribution in [0.1, 0.15) is 28.3 Å². The van der Waals surface area contributed by atoms with E-state index in [1.54, 1.807) is 12.3 Å². The number of rotatable bonds is 4. The Balaban J connectivity index is 1.28. The molecule has 6 heteroatoms. The highest BCUT2D eigenvalue weighted by molar-refractivity contribution is 8.01. The van der Waals surface area contributed by atoms with Crippen molar-refractivity contribution < 1.29 is 9.53 Å². The summed E-state index contributed by atoms with van der Waals surface area (Å²) in [7, 11) is 0. The Bertz CT molecular complexity index is 762. The van der Waals surface area contributed by atoms with Gasteiger partial charge in [0.15, 0.2) is 0 Å². The van der Waals surface area contributed by atoms with Crippen molar-refractivity contribution in [3.8, 4) is 0 Å². The third-order valence-electron chi connectivity index (χ3n) is 4.72. The smallest absolute Gasteiger partial charge is 0.272 e. The second kappa shape index (κ2) is 6.77. The summed E-state index contributed by atoms with van der Waals surface area (Å²) in [5.41, 5.74) is 2.52. The molecule has 2 saturated heterocycles.